The number of nitrogens with zero attached hydrogens (tertiary/aromatic N) is 1. The van der Waals surface area contributed by atoms with Gasteiger partial charge in [0.25, 0.3) is 5.92 Å². The first-order valence-electron chi connectivity index (χ1n) is 4.52. The van der Waals surface area contributed by atoms with Gasteiger partial charge in [-0.25, -0.2) is 8.78 Å². The quantitative estimate of drug-likeness (QED) is 0.594. The van der Waals surface area contributed by atoms with Gasteiger partial charge in [0.15, 0.2) is 0 Å². The fraction of sp³-hybridized carbons (Fsp3) is 1.00. The van der Waals surface area contributed by atoms with Crippen LogP contribution in [0.3, 0.4) is 0 Å². The predicted octanol–water partition coefficient (Wildman–Crippen LogP) is 2.37. The van der Waals surface area contributed by atoms with Crippen molar-refractivity contribution in [2.75, 3.05) is 13.1 Å². The number of alkyl halides is 2. The second-order valence-corrected chi connectivity index (χ2v) is 4.19. The molecule has 1 atom stereocenters. The standard InChI is InChI=1S/C9H17F2N/c1-7(2)12-5-8(3)4-9(10,11)6-12/h7-8H,4-6H2,1-3H3/t8-/m0/s1. The summed E-state index contributed by atoms with van der Waals surface area (Å²) in [4.78, 5) is 1.86. The molecule has 1 aliphatic heterocycles. The van der Waals surface area contributed by atoms with Crippen LogP contribution in [0.15, 0.2) is 0 Å². The van der Waals surface area contributed by atoms with Gasteiger partial charge in [-0.05, 0) is 19.8 Å². The van der Waals surface area contributed by atoms with Crippen LogP contribution in [0.4, 0.5) is 8.78 Å². The number of hydrogen-bond donors (Lipinski definition) is 0. The molecule has 1 rings (SSSR count). The summed E-state index contributed by atoms with van der Waals surface area (Å²) >= 11 is 0. The van der Waals surface area contributed by atoms with Crippen LogP contribution >= 0.6 is 0 Å². The molecule has 0 unspecified atom stereocenters. The van der Waals surface area contributed by atoms with Crippen LogP contribution in [0.2, 0.25) is 0 Å². The molecule has 1 heterocycles. The zero-order chi connectivity index (χ0) is 9.35. The molecule has 0 aliphatic carbocycles. The van der Waals surface area contributed by atoms with Crippen LogP contribution in [-0.4, -0.2) is 30.0 Å². The van der Waals surface area contributed by atoms with Crippen LogP contribution in [0, 0.1) is 5.92 Å². The maximum absolute atomic E-state index is 13.0. The Balaban J connectivity index is 2.58. The molecule has 12 heavy (non-hydrogen) atoms. The van der Waals surface area contributed by atoms with E-state index in [1.165, 1.54) is 0 Å². The zero-order valence-corrected chi connectivity index (χ0v) is 7.98. The monoisotopic (exact) mass is 177 g/mol. The Morgan fingerprint density at radius 2 is 2.00 bits per heavy atom. The molecule has 0 radical (unpaired) electrons. The summed E-state index contributed by atoms with van der Waals surface area (Å²) in [6.07, 6.45) is 0.0518. The molecule has 3 heteroatoms. The average molecular weight is 177 g/mol. The maximum atomic E-state index is 13.0. The summed E-state index contributed by atoms with van der Waals surface area (Å²) in [7, 11) is 0. The molecule has 1 nitrogen and oxygen atoms in total. The first-order chi connectivity index (χ1) is 5.41. The number of rotatable bonds is 1. The molecule has 72 valence electrons. The van der Waals surface area contributed by atoms with Crippen molar-refractivity contribution >= 4 is 0 Å². The first kappa shape index (κ1) is 9.90. The fourth-order valence-corrected chi connectivity index (χ4v) is 1.79. The normalized spacial score (nSPS) is 31.0. The third kappa shape index (κ3) is 2.41. The molecule has 0 aromatic heterocycles. The molecule has 0 saturated carbocycles. The topological polar surface area (TPSA) is 3.24 Å². The van der Waals surface area contributed by atoms with Gasteiger partial charge in [-0.2, -0.15) is 0 Å². The van der Waals surface area contributed by atoms with E-state index in [-0.39, 0.29) is 24.9 Å². The van der Waals surface area contributed by atoms with E-state index in [1.54, 1.807) is 0 Å². The van der Waals surface area contributed by atoms with Gasteiger partial charge >= 0.3 is 0 Å². The van der Waals surface area contributed by atoms with Crippen LogP contribution in [0.5, 0.6) is 0 Å². The molecule has 0 aromatic rings. The van der Waals surface area contributed by atoms with Gasteiger partial charge in [-0.1, -0.05) is 6.92 Å². The first-order valence-corrected chi connectivity index (χ1v) is 4.52. The van der Waals surface area contributed by atoms with Crippen molar-refractivity contribution in [2.45, 2.75) is 39.2 Å². The van der Waals surface area contributed by atoms with E-state index in [0.717, 1.165) is 6.54 Å². The van der Waals surface area contributed by atoms with Crippen molar-refractivity contribution < 1.29 is 8.78 Å². The lowest BCUT2D eigenvalue weighted by molar-refractivity contribution is -0.0889. The Bertz CT molecular complexity index is 157. The highest BCUT2D eigenvalue weighted by Gasteiger charge is 2.39. The molecule has 0 bridgehead atoms. The van der Waals surface area contributed by atoms with Crippen molar-refractivity contribution in [3.05, 3.63) is 0 Å². The molecule has 0 N–H and O–H groups in total. The summed E-state index contributed by atoms with van der Waals surface area (Å²) in [5.74, 6) is -2.35. The summed E-state index contributed by atoms with van der Waals surface area (Å²) in [5.41, 5.74) is 0. The Kier molecular flexibility index (Phi) is 2.71. The van der Waals surface area contributed by atoms with Gasteiger partial charge < -0.3 is 0 Å². The Labute approximate surface area is 72.7 Å². The lowest BCUT2D eigenvalue weighted by Crippen LogP contribution is -2.49. The van der Waals surface area contributed by atoms with E-state index in [1.807, 2.05) is 25.7 Å². The summed E-state index contributed by atoms with van der Waals surface area (Å²) < 4.78 is 26.0. The molecule has 1 fully saturated rings. The second-order valence-electron chi connectivity index (χ2n) is 4.19. The highest BCUT2D eigenvalue weighted by Crippen LogP contribution is 2.30. The van der Waals surface area contributed by atoms with E-state index < -0.39 is 5.92 Å². The van der Waals surface area contributed by atoms with E-state index in [9.17, 15) is 8.78 Å². The van der Waals surface area contributed by atoms with E-state index >= 15 is 0 Å². The van der Waals surface area contributed by atoms with Gasteiger partial charge in [0.05, 0.1) is 6.54 Å². The summed E-state index contributed by atoms with van der Waals surface area (Å²) in [5, 5.41) is 0. The molecule has 1 aliphatic rings. The predicted molar refractivity (Wildman–Crippen MR) is 45.4 cm³/mol. The van der Waals surface area contributed by atoms with Crippen molar-refractivity contribution in [3.63, 3.8) is 0 Å². The van der Waals surface area contributed by atoms with Crippen molar-refractivity contribution in [1.82, 2.24) is 4.90 Å². The Morgan fingerprint density at radius 1 is 1.42 bits per heavy atom. The third-order valence-electron chi connectivity index (χ3n) is 2.36. The van der Waals surface area contributed by atoms with Crippen molar-refractivity contribution in [2.24, 2.45) is 5.92 Å². The summed E-state index contributed by atoms with van der Waals surface area (Å²) in [6, 6.07) is 0.235. The lowest BCUT2D eigenvalue weighted by atomic mass is 9.96. The minimum absolute atomic E-state index is 0.0518. The van der Waals surface area contributed by atoms with Crippen LogP contribution in [0.1, 0.15) is 27.2 Å². The van der Waals surface area contributed by atoms with E-state index in [0.29, 0.717) is 0 Å². The van der Waals surface area contributed by atoms with Crippen LogP contribution in [-0.2, 0) is 0 Å². The van der Waals surface area contributed by atoms with Gasteiger partial charge in [-0.3, -0.25) is 4.90 Å². The molecular weight excluding hydrogens is 160 g/mol. The molecule has 0 aromatic carbocycles. The minimum Gasteiger partial charge on any atom is -0.295 e. The molecule has 1 saturated heterocycles. The fourth-order valence-electron chi connectivity index (χ4n) is 1.79. The van der Waals surface area contributed by atoms with Crippen molar-refractivity contribution in [1.29, 1.82) is 0 Å². The zero-order valence-electron chi connectivity index (χ0n) is 7.98. The van der Waals surface area contributed by atoms with E-state index in [4.69, 9.17) is 0 Å². The molecule has 0 spiro atoms. The highest BCUT2D eigenvalue weighted by atomic mass is 19.3. The largest absolute Gasteiger partial charge is 0.295 e. The van der Waals surface area contributed by atoms with Crippen LogP contribution in [0.25, 0.3) is 0 Å². The molecular formula is C9H17F2N. The minimum atomic E-state index is -2.47. The third-order valence-corrected chi connectivity index (χ3v) is 2.36. The Hall–Kier alpha value is -0.180. The number of piperidine rings is 1. The smallest absolute Gasteiger partial charge is 0.260 e. The number of halogens is 2. The van der Waals surface area contributed by atoms with Gasteiger partial charge in [0.2, 0.25) is 0 Å². The number of hydrogen-bond acceptors (Lipinski definition) is 1. The van der Waals surface area contributed by atoms with Crippen molar-refractivity contribution in [3.8, 4) is 0 Å². The summed E-state index contributed by atoms with van der Waals surface area (Å²) in [6.45, 7) is 6.58. The lowest BCUT2D eigenvalue weighted by Gasteiger charge is -2.38. The SMILES string of the molecule is CC(C)N1C[C@@H](C)CC(F)(F)C1. The Morgan fingerprint density at radius 3 is 2.42 bits per heavy atom. The highest BCUT2D eigenvalue weighted by molar-refractivity contribution is 4.83. The average Bonchev–Trinajstić information content (AvgIpc) is 1.82. The molecule has 0 amide bonds. The van der Waals surface area contributed by atoms with E-state index in [2.05, 4.69) is 0 Å². The van der Waals surface area contributed by atoms with Gasteiger partial charge in [0.1, 0.15) is 0 Å². The van der Waals surface area contributed by atoms with Gasteiger partial charge in [-0.15, -0.1) is 0 Å². The second kappa shape index (κ2) is 3.29. The van der Waals surface area contributed by atoms with Crippen LogP contribution < -0.4 is 0 Å². The number of likely N-dealkylation sites (tertiary alicyclic amines) is 1. The van der Waals surface area contributed by atoms with Gasteiger partial charge in [0, 0.05) is 19.0 Å². The maximum Gasteiger partial charge on any atom is 0.260 e.